The zero-order valence-electron chi connectivity index (χ0n) is 15.5. The van der Waals surface area contributed by atoms with Gasteiger partial charge in [-0.2, -0.15) is 0 Å². The minimum Gasteiger partial charge on any atom is -0.497 e. The molecule has 26 heavy (non-hydrogen) atoms. The van der Waals surface area contributed by atoms with E-state index in [0.29, 0.717) is 11.6 Å². The molecule has 1 amide bonds. The molecule has 4 nitrogen and oxygen atoms in total. The molecule has 6 heteroatoms. The second kappa shape index (κ2) is 8.52. The molecule has 0 bridgehead atoms. The fourth-order valence-corrected chi connectivity index (χ4v) is 3.02. The van der Waals surface area contributed by atoms with Crippen molar-refractivity contribution in [2.75, 3.05) is 20.7 Å². The highest BCUT2D eigenvalue weighted by Crippen LogP contribution is 2.28. The van der Waals surface area contributed by atoms with E-state index in [9.17, 15) is 9.18 Å². The molecule has 0 aromatic heterocycles. The lowest BCUT2D eigenvalue weighted by Gasteiger charge is -2.29. The van der Waals surface area contributed by atoms with Gasteiger partial charge < -0.3 is 9.64 Å². The van der Waals surface area contributed by atoms with Gasteiger partial charge in [-0.15, -0.1) is 0 Å². The molecule has 0 aliphatic carbocycles. The Bertz CT molecular complexity index is 763. The Hall–Kier alpha value is -2.11. The first-order chi connectivity index (χ1) is 12.2. The second-order valence-corrected chi connectivity index (χ2v) is 7.11. The number of nitrogens with one attached hydrogen (secondary N) is 1. The summed E-state index contributed by atoms with van der Waals surface area (Å²) in [6, 6.07) is 11.9. The van der Waals surface area contributed by atoms with Crippen LogP contribution in [0.15, 0.2) is 42.5 Å². The van der Waals surface area contributed by atoms with E-state index in [1.54, 1.807) is 25.1 Å². The summed E-state index contributed by atoms with van der Waals surface area (Å²) in [4.78, 5) is 14.1. The quantitative estimate of drug-likeness (QED) is 0.792. The monoisotopic (exact) mass is 378 g/mol. The number of ether oxygens (including phenoxy) is 1. The van der Waals surface area contributed by atoms with E-state index in [-0.39, 0.29) is 18.3 Å². The summed E-state index contributed by atoms with van der Waals surface area (Å²) in [7, 11) is 3.37. The first-order valence-corrected chi connectivity index (χ1v) is 8.68. The van der Waals surface area contributed by atoms with Crippen molar-refractivity contribution in [1.29, 1.82) is 0 Å². The topological polar surface area (TPSA) is 41.6 Å². The maximum Gasteiger partial charge on any atom is 0.236 e. The third-order valence-electron chi connectivity index (χ3n) is 4.29. The number of likely N-dealkylation sites (N-methyl/N-ethyl adjacent to an activating group) is 1. The molecule has 0 spiro atoms. The molecule has 2 aromatic carbocycles. The van der Waals surface area contributed by atoms with Gasteiger partial charge >= 0.3 is 0 Å². The molecule has 1 N–H and O–H groups in total. The van der Waals surface area contributed by atoms with Crippen LogP contribution in [0.1, 0.15) is 25.0 Å². The molecular weight excluding hydrogens is 355 g/mol. The molecule has 0 radical (unpaired) electrons. The minimum atomic E-state index is -0.568. The van der Waals surface area contributed by atoms with Crippen molar-refractivity contribution in [1.82, 2.24) is 10.2 Å². The predicted octanol–water partition coefficient (Wildman–Crippen LogP) is 3.97. The van der Waals surface area contributed by atoms with Crippen LogP contribution < -0.4 is 10.1 Å². The Labute approximate surface area is 158 Å². The van der Waals surface area contributed by atoms with Crippen molar-refractivity contribution < 1.29 is 13.9 Å². The van der Waals surface area contributed by atoms with Gasteiger partial charge in [0, 0.05) is 24.2 Å². The van der Waals surface area contributed by atoms with Gasteiger partial charge in [0.15, 0.2) is 0 Å². The highest BCUT2D eigenvalue weighted by Gasteiger charge is 2.24. The fourth-order valence-electron chi connectivity index (χ4n) is 2.62. The summed E-state index contributed by atoms with van der Waals surface area (Å²) in [5.74, 6) is 0.347. The number of nitrogens with zero attached hydrogens (tertiary/aromatic N) is 1. The number of benzene rings is 2. The predicted molar refractivity (Wildman–Crippen MR) is 102 cm³/mol. The van der Waals surface area contributed by atoms with Crippen LogP contribution in [0.3, 0.4) is 0 Å². The second-order valence-electron chi connectivity index (χ2n) is 6.70. The molecule has 2 aromatic rings. The normalized spacial score (nSPS) is 11.3. The van der Waals surface area contributed by atoms with Gasteiger partial charge in [-0.25, -0.2) is 4.39 Å². The van der Waals surface area contributed by atoms with Gasteiger partial charge in [-0.1, -0.05) is 29.8 Å². The summed E-state index contributed by atoms with van der Waals surface area (Å²) in [6.07, 6.45) is 0. The van der Waals surface area contributed by atoms with Crippen molar-refractivity contribution in [3.63, 3.8) is 0 Å². The number of hydrogen-bond acceptors (Lipinski definition) is 3. The Morgan fingerprint density at radius 3 is 2.46 bits per heavy atom. The van der Waals surface area contributed by atoms with E-state index in [0.717, 1.165) is 16.9 Å². The maximum absolute atomic E-state index is 13.2. The lowest BCUT2D eigenvalue weighted by molar-refractivity contribution is -0.129. The van der Waals surface area contributed by atoms with Gasteiger partial charge in [0.1, 0.15) is 11.6 Å². The number of hydrogen-bond donors (Lipinski definition) is 1. The summed E-state index contributed by atoms with van der Waals surface area (Å²) < 4.78 is 18.4. The van der Waals surface area contributed by atoms with Crippen LogP contribution in [-0.2, 0) is 16.9 Å². The van der Waals surface area contributed by atoms with E-state index >= 15 is 0 Å². The number of rotatable bonds is 7. The molecule has 0 aliphatic rings. The minimum absolute atomic E-state index is 0.0490. The molecule has 0 atom stereocenters. The molecule has 0 saturated heterocycles. The van der Waals surface area contributed by atoms with E-state index in [4.69, 9.17) is 16.3 Å². The van der Waals surface area contributed by atoms with Gasteiger partial charge in [0.25, 0.3) is 0 Å². The van der Waals surface area contributed by atoms with E-state index in [1.807, 2.05) is 38.1 Å². The van der Waals surface area contributed by atoms with Crippen LogP contribution in [0.2, 0.25) is 5.02 Å². The Morgan fingerprint density at radius 2 is 1.88 bits per heavy atom. The Balaban J connectivity index is 1.95. The molecule has 0 aliphatic heterocycles. The molecule has 0 saturated carbocycles. The van der Waals surface area contributed by atoms with E-state index in [2.05, 4.69) is 5.32 Å². The Morgan fingerprint density at radius 1 is 1.23 bits per heavy atom. The molecule has 2 rings (SSSR count). The van der Waals surface area contributed by atoms with Crippen LogP contribution in [-0.4, -0.2) is 31.5 Å². The third kappa shape index (κ3) is 5.19. The average Bonchev–Trinajstić information content (AvgIpc) is 2.60. The molecule has 140 valence electrons. The van der Waals surface area contributed by atoms with E-state index in [1.165, 1.54) is 12.1 Å². The largest absolute Gasteiger partial charge is 0.497 e. The van der Waals surface area contributed by atoms with Crippen molar-refractivity contribution in [2.45, 2.75) is 25.9 Å². The third-order valence-corrected chi connectivity index (χ3v) is 4.60. The van der Waals surface area contributed by atoms with Crippen LogP contribution in [0.5, 0.6) is 5.75 Å². The Kier molecular flexibility index (Phi) is 6.62. The lowest BCUT2D eigenvalue weighted by atomic mass is 9.94. The highest BCUT2D eigenvalue weighted by atomic mass is 35.5. The zero-order chi connectivity index (χ0) is 19.3. The highest BCUT2D eigenvalue weighted by molar-refractivity contribution is 6.31. The number of amides is 1. The number of halogens is 2. The number of carbonyl (C=O) groups excluding carboxylic acids is 1. The zero-order valence-corrected chi connectivity index (χ0v) is 16.2. The molecule has 0 heterocycles. The van der Waals surface area contributed by atoms with Crippen molar-refractivity contribution >= 4 is 17.5 Å². The average molecular weight is 379 g/mol. The van der Waals surface area contributed by atoms with Gasteiger partial charge in [0.2, 0.25) is 5.91 Å². The maximum atomic E-state index is 13.2. The van der Waals surface area contributed by atoms with Crippen molar-refractivity contribution in [3.05, 3.63) is 64.4 Å². The standard InChI is InChI=1S/C20H24ClFN2O2/c1-20(2,17-10-7-15(22)11-18(17)21)23-12-19(25)24(3)13-14-5-8-16(26-4)9-6-14/h5-11,23H,12-13H2,1-4H3. The van der Waals surface area contributed by atoms with Crippen molar-refractivity contribution in [3.8, 4) is 5.75 Å². The van der Waals surface area contributed by atoms with Crippen molar-refractivity contribution in [2.24, 2.45) is 0 Å². The van der Waals surface area contributed by atoms with Crippen LogP contribution >= 0.6 is 11.6 Å². The van der Waals surface area contributed by atoms with E-state index < -0.39 is 5.54 Å². The summed E-state index contributed by atoms with van der Waals surface area (Å²) in [5.41, 5.74) is 1.19. The molecule has 0 fully saturated rings. The number of carbonyl (C=O) groups is 1. The molecular formula is C20H24ClFN2O2. The fraction of sp³-hybridized carbons (Fsp3) is 0.350. The van der Waals surface area contributed by atoms with Gasteiger partial charge in [-0.05, 0) is 49.2 Å². The lowest BCUT2D eigenvalue weighted by Crippen LogP contribution is -2.44. The van der Waals surface area contributed by atoms with Gasteiger partial charge in [0.05, 0.1) is 13.7 Å². The first-order valence-electron chi connectivity index (χ1n) is 8.30. The smallest absolute Gasteiger partial charge is 0.236 e. The first kappa shape index (κ1) is 20.2. The van der Waals surface area contributed by atoms with Crippen LogP contribution in [0, 0.1) is 5.82 Å². The number of methoxy groups -OCH3 is 1. The summed E-state index contributed by atoms with van der Waals surface area (Å²) in [6.45, 7) is 4.46. The van der Waals surface area contributed by atoms with Crippen LogP contribution in [0.4, 0.5) is 4.39 Å². The summed E-state index contributed by atoms with van der Waals surface area (Å²) in [5, 5.41) is 3.54. The van der Waals surface area contributed by atoms with Gasteiger partial charge in [-0.3, -0.25) is 10.1 Å². The molecule has 0 unspecified atom stereocenters. The SMILES string of the molecule is COc1ccc(CN(C)C(=O)CNC(C)(C)c2ccc(F)cc2Cl)cc1. The van der Waals surface area contributed by atoms with Crippen LogP contribution in [0.25, 0.3) is 0 Å². The summed E-state index contributed by atoms with van der Waals surface area (Å²) >= 11 is 6.14.